The van der Waals surface area contributed by atoms with Crippen molar-refractivity contribution in [1.82, 2.24) is 9.55 Å². The van der Waals surface area contributed by atoms with Gasteiger partial charge in [-0.3, -0.25) is 9.36 Å². The number of aromatic nitrogens is 2. The molecule has 2 heterocycles. The Labute approximate surface area is 167 Å². The molecule has 0 amide bonds. The summed E-state index contributed by atoms with van der Waals surface area (Å²) in [5.74, 6) is 1.13. The van der Waals surface area contributed by atoms with Crippen LogP contribution >= 0.6 is 11.3 Å². The largest absolute Gasteiger partial charge is 0.493 e. The minimum Gasteiger partial charge on any atom is -0.493 e. The average Bonchev–Trinajstić information content (AvgIpc) is 2.97. The van der Waals surface area contributed by atoms with Crippen LogP contribution < -0.4 is 15.0 Å². The Bertz CT molecular complexity index is 1070. The van der Waals surface area contributed by atoms with Crippen molar-refractivity contribution in [2.45, 2.75) is 33.4 Å². The Morgan fingerprint density at radius 1 is 1.32 bits per heavy atom. The molecule has 2 aromatic heterocycles. The second-order valence-electron chi connectivity index (χ2n) is 6.54. The van der Waals surface area contributed by atoms with Gasteiger partial charge < -0.3 is 14.6 Å². The Hall–Kier alpha value is -2.64. The lowest BCUT2D eigenvalue weighted by molar-refractivity contribution is 0.0900. The summed E-state index contributed by atoms with van der Waals surface area (Å²) >= 11 is 1.51. The molecule has 0 bridgehead atoms. The Kier molecular flexibility index (Phi) is 6.16. The highest BCUT2D eigenvalue weighted by Gasteiger charge is 2.15. The quantitative estimate of drug-likeness (QED) is 0.656. The Balaban J connectivity index is 1.72. The molecule has 0 aliphatic heterocycles. The van der Waals surface area contributed by atoms with Crippen LogP contribution in [0.2, 0.25) is 0 Å². The molecule has 1 N–H and O–H groups in total. The molecule has 7 heteroatoms. The van der Waals surface area contributed by atoms with E-state index in [9.17, 15) is 9.90 Å². The topological polar surface area (TPSA) is 73.6 Å². The number of rotatable bonds is 7. The van der Waals surface area contributed by atoms with Crippen LogP contribution in [-0.2, 0) is 6.54 Å². The fourth-order valence-electron chi connectivity index (χ4n) is 2.97. The van der Waals surface area contributed by atoms with Gasteiger partial charge in [0.05, 0.1) is 25.4 Å². The number of methoxy groups -OCH3 is 1. The summed E-state index contributed by atoms with van der Waals surface area (Å²) in [5, 5.41) is 11.0. The molecule has 0 spiro atoms. The van der Waals surface area contributed by atoms with E-state index in [1.807, 2.05) is 45.1 Å². The zero-order chi connectivity index (χ0) is 20.3. The number of benzene rings is 1. The number of fused-ring (bicyclic) bond motifs is 1. The first-order valence-corrected chi connectivity index (χ1v) is 9.83. The predicted octanol–water partition coefficient (Wildman–Crippen LogP) is 3.56. The third-order valence-electron chi connectivity index (χ3n) is 4.54. The third-order valence-corrected chi connectivity index (χ3v) is 5.66. The maximum Gasteiger partial charge on any atom is 0.262 e. The van der Waals surface area contributed by atoms with Gasteiger partial charge in [-0.15, -0.1) is 11.3 Å². The van der Waals surface area contributed by atoms with Gasteiger partial charge in [-0.2, -0.15) is 0 Å². The highest BCUT2D eigenvalue weighted by Crippen LogP contribution is 2.29. The number of aryl methyl sites for hydroxylation is 2. The van der Waals surface area contributed by atoms with Crippen LogP contribution in [0.25, 0.3) is 16.3 Å². The van der Waals surface area contributed by atoms with Gasteiger partial charge >= 0.3 is 0 Å². The van der Waals surface area contributed by atoms with Crippen LogP contribution in [0.3, 0.4) is 0 Å². The molecule has 0 saturated carbocycles. The van der Waals surface area contributed by atoms with E-state index in [0.29, 0.717) is 16.9 Å². The summed E-state index contributed by atoms with van der Waals surface area (Å²) in [5.41, 5.74) is 1.81. The average molecular weight is 401 g/mol. The summed E-state index contributed by atoms with van der Waals surface area (Å²) in [4.78, 5) is 18.9. The van der Waals surface area contributed by atoms with Crippen LogP contribution in [0, 0.1) is 13.8 Å². The molecule has 3 aromatic rings. The van der Waals surface area contributed by atoms with E-state index in [-0.39, 0.29) is 18.7 Å². The monoisotopic (exact) mass is 400 g/mol. The van der Waals surface area contributed by atoms with Crippen LogP contribution in [0.15, 0.2) is 35.4 Å². The fraction of sp³-hybridized carbons (Fsp3) is 0.333. The van der Waals surface area contributed by atoms with E-state index in [2.05, 4.69) is 4.98 Å². The molecule has 0 fully saturated rings. The third kappa shape index (κ3) is 4.10. The zero-order valence-electron chi connectivity index (χ0n) is 16.4. The van der Waals surface area contributed by atoms with E-state index in [1.165, 1.54) is 22.2 Å². The van der Waals surface area contributed by atoms with Gasteiger partial charge in [0.2, 0.25) is 0 Å². The molecule has 0 aliphatic carbocycles. The number of aliphatic hydroxyl groups excluding tert-OH is 1. The number of aliphatic hydroxyl groups is 1. The molecule has 1 atom stereocenters. The van der Waals surface area contributed by atoms with E-state index < -0.39 is 6.10 Å². The minimum absolute atomic E-state index is 0.0332. The molecule has 3 rings (SSSR count). The number of nitrogens with zero attached hydrogens (tertiary/aromatic N) is 2. The van der Waals surface area contributed by atoms with Crippen molar-refractivity contribution in [2.75, 3.05) is 13.7 Å². The number of hydrogen-bond donors (Lipinski definition) is 1. The first kappa shape index (κ1) is 20.1. The minimum atomic E-state index is -0.864. The van der Waals surface area contributed by atoms with E-state index in [0.717, 1.165) is 20.8 Å². The standard InChI is InChI=1S/C21H24N2O4S/c1-5-6-15-7-8-17(18(9-15)26-4)27-11-16(24)10-23-12-22-20-19(21(23)25)13(2)14(3)28-20/h5-9,12,16,24H,10-11H2,1-4H3/b6-5+. The Morgan fingerprint density at radius 2 is 2.11 bits per heavy atom. The van der Waals surface area contributed by atoms with Gasteiger partial charge in [0, 0.05) is 4.88 Å². The van der Waals surface area contributed by atoms with Crippen molar-refractivity contribution in [3.63, 3.8) is 0 Å². The van der Waals surface area contributed by atoms with Gasteiger partial charge in [0.25, 0.3) is 5.56 Å². The first-order valence-electron chi connectivity index (χ1n) is 9.01. The van der Waals surface area contributed by atoms with Gasteiger partial charge in [-0.1, -0.05) is 18.2 Å². The zero-order valence-corrected chi connectivity index (χ0v) is 17.2. The van der Waals surface area contributed by atoms with Crippen molar-refractivity contribution in [1.29, 1.82) is 0 Å². The molecular formula is C21H24N2O4S. The van der Waals surface area contributed by atoms with Gasteiger partial charge in [0.15, 0.2) is 11.5 Å². The molecule has 0 aliphatic rings. The number of ether oxygens (including phenoxy) is 2. The normalized spacial score (nSPS) is 12.6. The highest BCUT2D eigenvalue weighted by atomic mass is 32.1. The van der Waals surface area contributed by atoms with Gasteiger partial charge in [-0.05, 0) is 44.0 Å². The van der Waals surface area contributed by atoms with Crippen LogP contribution in [0.4, 0.5) is 0 Å². The smallest absolute Gasteiger partial charge is 0.262 e. The lowest BCUT2D eigenvalue weighted by Gasteiger charge is -2.16. The first-order chi connectivity index (χ1) is 13.4. The van der Waals surface area contributed by atoms with Crippen molar-refractivity contribution in [2.24, 2.45) is 0 Å². The van der Waals surface area contributed by atoms with E-state index in [4.69, 9.17) is 9.47 Å². The van der Waals surface area contributed by atoms with Crippen molar-refractivity contribution in [3.05, 3.63) is 57.0 Å². The van der Waals surface area contributed by atoms with Gasteiger partial charge in [0.1, 0.15) is 17.5 Å². The molecule has 28 heavy (non-hydrogen) atoms. The highest BCUT2D eigenvalue weighted by molar-refractivity contribution is 7.18. The molecule has 0 radical (unpaired) electrons. The van der Waals surface area contributed by atoms with Crippen molar-refractivity contribution >= 4 is 27.6 Å². The predicted molar refractivity (Wildman–Crippen MR) is 113 cm³/mol. The lowest BCUT2D eigenvalue weighted by atomic mass is 10.2. The second kappa shape index (κ2) is 8.58. The number of thiophene rings is 1. The summed E-state index contributed by atoms with van der Waals surface area (Å²) in [6.45, 7) is 5.98. The second-order valence-corrected chi connectivity index (χ2v) is 7.74. The molecule has 1 unspecified atom stereocenters. The SMILES string of the molecule is C/C=C/c1ccc(OCC(O)Cn2cnc3sc(C)c(C)c3c2=O)c(OC)c1. The molecule has 6 nitrogen and oxygen atoms in total. The van der Waals surface area contributed by atoms with Crippen LogP contribution in [0.1, 0.15) is 22.9 Å². The van der Waals surface area contributed by atoms with Crippen LogP contribution in [0.5, 0.6) is 11.5 Å². The molecule has 0 saturated heterocycles. The Morgan fingerprint density at radius 3 is 2.82 bits per heavy atom. The fourth-order valence-corrected chi connectivity index (χ4v) is 3.95. The lowest BCUT2D eigenvalue weighted by Crippen LogP contribution is -2.30. The summed E-state index contributed by atoms with van der Waals surface area (Å²) in [6.07, 6.45) is 4.52. The molecular weight excluding hydrogens is 376 g/mol. The van der Waals surface area contributed by atoms with Crippen LogP contribution in [-0.4, -0.2) is 34.5 Å². The summed E-state index contributed by atoms with van der Waals surface area (Å²) < 4.78 is 12.5. The maximum atomic E-state index is 12.7. The number of hydrogen-bond acceptors (Lipinski definition) is 6. The van der Waals surface area contributed by atoms with Crippen molar-refractivity contribution < 1.29 is 14.6 Å². The molecule has 148 valence electrons. The van der Waals surface area contributed by atoms with Gasteiger partial charge in [-0.25, -0.2) is 4.98 Å². The maximum absolute atomic E-state index is 12.7. The van der Waals surface area contributed by atoms with Crippen molar-refractivity contribution in [3.8, 4) is 11.5 Å². The summed E-state index contributed by atoms with van der Waals surface area (Å²) in [7, 11) is 1.57. The summed E-state index contributed by atoms with van der Waals surface area (Å²) in [6, 6.07) is 5.58. The van der Waals surface area contributed by atoms with E-state index >= 15 is 0 Å². The molecule has 1 aromatic carbocycles. The number of allylic oxidation sites excluding steroid dienone is 1. The van der Waals surface area contributed by atoms with E-state index in [1.54, 1.807) is 13.2 Å².